The number of carbonyl (C=O) groups excluding carboxylic acids is 1. The fraction of sp³-hybridized carbons (Fsp3) is 0.450. The molecule has 0 amide bonds. The summed E-state index contributed by atoms with van der Waals surface area (Å²) >= 11 is 0. The third kappa shape index (κ3) is 5.61. The predicted octanol–water partition coefficient (Wildman–Crippen LogP) is 4.69. The zero-order chi connectivity index (χ0) is 16.8. The van der Waals surface area contributed by atoms with Crippen molar-refractivity contribution >= 4 is 6.29 Å². The van der Waals surface area contributed by atoms with Crippen molar-refractivity contribution in [2.45, 2.75) is 53.6 Å². The molecule has 22 heavy (non-hydrogen) atoms. The second-order valence-corrected chi connectivity index (χ2v) is 6.79. The Balaban J connectivity index is 2.84. The highest BCUT2D eigenvalue weighted by atomic mass is 16.3. The van der Waals surface area contributed by atoms with E-state index in [0.29, 0.717) is 0 Å². The SMILES string of the molecule is CC1=C(/C=C/C(C)=C/C=C/C(C)=C/C=O)C(C)(C)C[C@@H](O)C1. The first-order valence-corrected chi connectivity index (χ1v) is 7.79. The van der Waals surface area contributed by atoms with E-state index in [1.807, 2.05) is 25.2 Å². The minimum atomic E-state index is -0.223. The molecule has 2 nitrogen and oxygen atoms in total. The van der Waals surface area contributed by atoms with E-state index < -0.39 is 0 Å². The fourth-order valence-electron chi connectivity index (χ4n) is 2.96. The van der Waals surface area contributed by atoms with Gasteiger partial charge in [-0.15, -0.1) is 0 Å². The maximum Gasteiger partial charge on any atom is 0.143 e. The van der Waals surface area contributed by atoms with Gasteiger partial charge >= 0.3 is 0 Å². The molecule has 1 aliphatic carbocycles. The maximum atomic E-state index is 10.3. The van der Waals surface area contributed by atoms with Gasteiger partial charge in [-0.05, 0) is 56.3 Å². The smallest absolute Gasteiger partial charge is 0.143 e. The van der Waals surface area contributed by atoms with E-state index in [9.17, 15) is 9.90 Å². The van der Waals surface area contributed by atoms with Crippen molar-refractivity contribution in [3.63, 3.8) is 0 Å². The molecule has 0 bridgehead atoms. The van der Waals surface area contributed by atoms with Crippen molar-refractivity contribution in [3.05, 3.63) is 58.7 Å². The lowest BCUT2D eigenvalue weighted by Gasteiger charge is -2.35. The monoisotopic (exact) mass is 300 g/mol. The highest BCUT2D eigenvalue weighted by molar-refractivity contribution is 5.66. The molecular weight excluding hydrogens is 272 g/mol. The fourth-order valence-corrected chi connectivity index (χ4v) is 2.96. The van der Waals surface area contributed by atoms with Crippen LogP contribution in [0.4, 0.5) is 0 Å². The lowest BCUT2D eigenvalue weighted by molar-refractivity contribution is -0.104. The van der Waals surface area contributed by atoms with E-state index in [-0.39, 0.29) is 11.5 Å². The first-order valence-electron chi connectivity index (χ1n) is 7.79. The van der Waals surface area contributed by atoms with Gasteiger partial charge in [-0.1, -0.05) is 55.4 Å². The highest BCUT2D eigenvalue weighted by Gasteiger charge is 2.31. The summed E-state index contributed by atoms with van der Waals surface area (Å²) in [6.45, 7) is 10.4. The summed E-state index contributed by atoms with van der Waals surface area (Å²) in [6, 6.07) is 0. The van der Waals surface area contributed by atoms with E-state index >= 15 is 0 Å². The van der Waals surface area contributed by atoms with Crippen LogP contribution in [-0.4, -0.2) is 17.5 Å². The molecule has 120 valence electrons. The first kappa shape index (κ1) is 18.4. The van der Waals surface area contributed by atoms with E-state index in [0.717, 1.165) is 30.3 Å². The number of hydrogen-bond donors (Lipinski definition) is 1. The first-order chi connectivity index (χ1) is 10.3. The Morgan fingerprint density at radius 2 is 1.82 bits per heavy atom. The van der Waals surface area contributed by atoms with Crippen LogP contribution in [0.5, 0.6) is 0 Å². The molecule has 0 aliphatic heterocycles. The van der Waals surface area contributed by atoms with E-state index in [1.54, 1.807) is 6.08 Å². The molecule has 0 fully saturated rings. The molecule has 0 aromatic rings. The number of aldehydes is 1. The molecule has 1 atom stereocenters. The molecule has 1 rings (SSSR count). The molecule has 0 unspecified atom stereocenters. The lowest BCUT2D eigenvalue weighted by atomic mass is 9.71. The van der Waals surface area contributed by atoms with Gasteiger partial charge < -0.3 is 5.11 Å². The van der Waals surface area contributed by atoms with Crippen LogP contribution >= 0.6 is 0 Å². The summed E-state index contributed by atoms with van der Waals surface area (Å²) in [5.74, 6) is 0. The Morgan fingerprint density at radius 3 is 2.41 bits per heavy atom. The van der Waals surface area contributed by atoms with Gasteiger partial charge in [0, 0.05) is 0 Å². The van der Waals surface area contributed by atoms with Gasteiger partial charge in [0.15, 0.2) is 0 Å². The van der Waals surface area contributed by atoms with Gasteiger partial charge in [-0.3, -0.25) is 4.79 Å². The zero-order valence-corrected chi connectivity index (χ0v) is 14.4. The van der Waals surface area contributed by atoms with E-state index in [2.05, 4.69) is 39.8 Å². The zero-order valence-electron chi connectivity index (χ0n) is 14.4. The molecule has 0 aromatic heterocycles. The number of aliphatic hydroxyl groups is 1. The predicted molar refractivity (Wildman–Crippen MR) is 93.6 cm³/mol. The largest absolute Gasteiger partial charge is 0.393 e. The van der Waals surface area contributed by atoms with Crippen LogP contribution in [0.25, 0.3) is 0 Å². The van der Waals surface area contributed by atoms with Crippen molar-refractivity contribution in [2.24, 2.45) is 5.41 Å². The minimum Gasteiger partial charge on any atom is -0.393 e. The number of aliphatic hydroxyl groups excluding tert-OH is 1. The molecule has 0 saturated heterocycles. The summed E-state index contributed by atoms with van der Waals surface area (Å²) in [7, 11) is 0. The average Bonchev–Trinajstić information content (AvgIpc) is 2.36. The molecule has 0 radical (unpaired) electrons. The molecule has 1 N–H and O–H groups in total. The molecular formula is C20H28O2. The second-order valence-electron chi connectivity index (χ2n) is 6.79. The van der Waals surface area contributed by atoms with Gasteiger partial charge in [-0.25, -0.2) is 0 Å². The third-order valence-electron chi connectivity index (χ3n) is 4.04. The number of rotatable bonds is 5. The van der Waals surface area contributed by atoms with Crippen LogP contribution in [0.1, 0.15) is 47.5 Å². The number of allylic oxidation sites excluding steroid dienone is 9. The maximum absolute atomic E-state index is 10.3. The van der Waals surface area contributed by atoms with Crippen LogP contribution in [0.15, 0.2) is 58.7 Å². The van der Waals surface area contributed by atoms with E-state index in [1.165, 1.54) is 11.1 Å². The quantitative estimate of drug-likeness (QED) is 0.454. The summed E-state index contributed by atoms with van der Waals surface area (Å²) < 4.78 is 0. The Hall–Kier alpha value is -1.67. The van der Waals surface area contributed by atoms with Crippen molar-refractivity contribution in [2.75, 3.05) is 0 Å². The Kier molecular flexibility index (Phi) is 6.76. The molecule has 2 heteroatoms. The van der Waals surface area contributed by atoms with Gasteiger partial charge in [0.2, 0.25) is 0 Å². The van der Waals surface area contributed by atoms with Crippen LogP contribution in [0.2, 0.25) is 0 Å². The molecule has 0 heterocycles. The van der Waals surface area contributed by atoms with Crippen molar-refractivity contribution in [3.8, 4) is 0 Å². The van der Waals surface area contributed by atoms with Crippen LogP contribution in [0.3, 0.4) is 0 Å². The molecule has 0 spiro atoms. The molecule has 1 aliphatic rings. The third-order valence-corrected chi connectivity index (χ3v) is 4.04. The Labute approximate surface area is 134 Å². The molecule has 0 saturated carbocycles. The van der Waals surface area contributed by atoms with Crippen LogP contribution in [-0.2, 0) is 4.79 Å². The van der Waals surface area contributed by atoms with Gasteiger partial charge in [-0.2, -0.15) is 0 Å². The summed E-state index contributed by atoms with van der Waals surface area (Å²) in [4.78, 5) is 10.3. The number of hydrogen-bond acceptors (Lipinski definition) is 2. The van der Waals surface area contributed by atoms with Crippen molar-refractivity contribution in [1.29, 1.82) is 0 Å². The number of carbonyl (C=O) groups is 1. The van der Waals surface area contributed by atoms with Crippen LogP contribution in [0, 0.1) is 5.41 Å². The summed E-state index contributed by atoms with van der Waals surface area (Å²) in [5, 5.41) is 9.91. The van der Waals surface area contributed by atoms with Gasteiger partial charge in [0.1, 0.15) is 6.29 Å². The molecule has 0 aromatic carbocycles. The lowest BCUT2D eigenvalue weighted by Crippen LogP contribution is -2.28. The highest BCUT2D eigenvalue weighted by Crippen LogP contribution is 2.40. The minimum absolute atomic E-state index is 0.0116. The van der Waals surface area contributed by atoms with E-state index in [4.69, 9.17) is 0 Å². The summed E-state index contributed by atoms with van der Waals surface area (Å²) in [6.07, 6.45) is 13.9. The second kappa shape index (κ2) is 8.09. The topological polar surface area (TPSA) is 37.3 Å². The van der Waals surface area contributed by atoms with Crippen molar-refractivity contribution < 1.29 is 9.90 Å². The standard InChI is InChI=1S/C20H28O2/c1-15(7-6-8-16(2)11-12-21)9-10-19-17(3)13-18(22)14-20(19,4)5/h6-12,18,22H,13-14H2,1-5H3/b8-6+,10-9+,15-7+,16-11+/t18-/m0/s1. The Bertz CT molecular complexity index is 554. The summed E-state index contributed by atoms with van der Waals surface area (Å²) in [5.41, 5.74) is 4.69. The normalized spacial score (nSPS) is 23.6. The Morgan fingerprint density at radius 1 is 1.18 bits per heavy atom. The van der Waals surface area contributed by atoms with Crippen LogP contribution < -0.4 is 0 Å². The van der Waals surface area contributed by atoms with Gasteiger partial charge in [0.25, 0.3) is 0 Å². The average molecular weight is 300 g/mol. The van der Waals surface area contributed by atoms with Gasteiger partial charge in [0.05, 0.1) is 6.10 Å². The van der Waals surface area contributed by atoms with Crippen molar-refractivity contribution in [1.82, 2.24) is 0 Å².